The number of benzene rings is 1. The minimum Gasteiger partial charge on any atom is -0.457 e. The van der Waals surface area contributed by atoms with Crippen LogP contribution in [0.15, 0.2) is 60.9 Å². The number of hydrogen-bond donors (Lipinski definition) is 2. The van der Waals surface area contributed by atoms with Crippen LogP contribution in [0, 0.1) is 6.92 Å². The molecule has 0 radical (unpaired) electrons. The smallest absolute Gasteiger partial charge is 0.269 e. The van der Waals surface area contributed by atoms with Gasteiger partial charge in [-0.3, -0.25) is 19.6 Å². The molecule has 0 fully saturated rings. The molecule has 0 atom stereocenters. The van der Waals surface area contributed by atoms with Gasteiger partial charge in [-0.25, -0.2) is 0 Å². The molecule has 148 valence electrons. The molecule has 2 heterocycles. The summed E-state index contributed by atoms with van der Waals surface area (Å²) in [5.74, 6) is 0.846. The summed E-state index contributed by atoms with van der Waals surface area (Å²) in [6, 6.07) is 14.4. The first-order valence-electron chi connectivity index (χ1n) is 9.21. The van der Waals surface area contributed by atoms with Crippen molar-refractivity contribution in [1.82, 2.24) is 15.3 Å². The largest absolute Gasteiger partial charge is 0.457 e. The van der Waals surface area contributed by atoms with Gasteiger partial charge in [0.2, 0.25) is 5.91 Å². The Hall–Kier alpha value is -3.74. The topological polar surface area (TPSA) is 93.2 Å². The highest BCUT2D eigenvalue weighted by atomic mass is 16.5. The monoisotopic (exact) mass is 390 g/mol. The third-order valence-corrected chi connectivity index (χ3v) is 4.17. The highest BCUT2D eigenvalue weighted by Crippen LogP contribution is 2.22. The van der Waals surface area contributed by atoms with E-state index in [-0.39, 0.29) is 17.5 Å². The van der Waals surface area contributed by atoms with Crippen molar-refractivity contribution < 1.29 is 14.3 Å². The van der Waals surface area contributed by atoms with Crippen molar-refractivity contribution >= 4 is 17.5 Å². The molecule has 2 aromatic heterocycles. The predicted molar refractivity (Wildman–Crippen MR) is 110 cm³/mol. The van der Waals surface area contributed by atoms with Crippen molar-refractivity contribution in [2.75, 3.05) is 12.4 Å². The van der Waals surface area contributed by atoms with E-state index in [0.29, 0.717) is 24.3 Å². The Kier molecular flexibility index (Phi) is 6.52. The fourth-order valence-corrected chi connectivity index (χ4v) is 2.69. The second-order valence-electron chi connectivity index (χ2n) is 6.44. The lowest BCUT2D eigenvalue weighted by molar-refractivity contribution is -0.116. The van der Waals surface area contributed by atoms with E-state index in [0.717, 1.165) is 16.9 Å². The van der Waals surface area contributed by atoms with Gasteiger partial charge in [0, 0.05) is 43.3 Å². The Labute approximate surface area is 169 Å². The number of pyridine rings is 2. The van der Waals surface area contributed by atoms with Gasteiger partial charge in [-0.2, -0.15) is 0 Å². The van der Waals surface area contributed by atoms with Crippen LogP contribution in [-0.2, 0) is 11.2 Å². The molecule has 0 unspecified atom stereocenters. The lowest BCUT2D eigenvalue weighted by atomic mass is 10.1. The molecule has 0 saturated carbocycles. The molecule has 0 aliphatic heterocycles. The standard InChI is InChI=1S/C22H22N4O3/c1-15-13-17(9-11-24-15)26-21(27)8-5-16-3-6-18(7-4-16)29-19-10-12-25-20(14-19)22(28)23-2/h3-4,6-7,9-14H,5,8H2,1-2H3,(H,23,28)(H,24,26,27). The first-order chi connectivity index (χ1) is 14.0. The molecular weight excluding hydrogens is 368 g/mol. The average molecular weight is 390 g/mol. The van der Waals surface area contributed by atoms with Crippen molar-refractivity contribution in [2.45, 2.75) is 19.8 Å². The first-order valence-corrected chi connectivity index (χ1v) is 9.21. The third kappa shape index (κ3) is 5.87. The predicted octanol–water partition coefficient (Wildman–Crippen LogP) is 3.51. The van der Waals surface area contributed by atoms with Crippen molar-refractivity contribution in [3.05, 3.63) is 77.9 Å². The van der Waals surface area contributed by atoms with Gasteiger partial charge in [0.1, 0.15) is 17.2 Å². The van der Waals surface area contributed by atoms with E-state index >= 15 is 0 Å². The molecule has 0 spiro atoms. The fraction of sp³-hybridized carbons (Fsp3) is 0.182. The van der Waals surface area contributed by atoms with E-state index in [4.69, 9.17) is 4.74 Å². The summed E-state index contributed by atoms with van der Waals surface area (Å²) in [6.07, 6.45) is 4.19. The normalized spacial score (nSPS) is 10.3. The van der Waals surface area contributed by atoms with Crippen molar-refractivity contribution in [2.24, 2.45) is 0 Å². The minimum atomic E-state index is -0.272. The highest BCUT2D eigenvalue weighted by Gasteiger charge is 2.07. The Morgan fingerprint density at radius 2 is 1.72 bits per heavy atom. The number of carbonyl (C=O) groups excluding carboxylic acids is 2. The van der Waals surface area contributed by atoms with Gasteiger partial charge >= 0.3 is 0 Å². The van der Waals surface area contributed by atoms with Crippen molar-refractivity contribution in [3.8, 4) is 11.5 Å². The zero-order valence-corrected chi connectivity index (χ0v) is 16.3. The van der Waals surface area contributed by atoms with Crippen LogP contribution in [0.3, 0.4) is 0 Å². The third-order valence-electron chi connectivity index (χ3n) is 4.17. The summed E-state index contributed by atoms with van der Waals surface area (Å²) >= 11 is 0. The number of rotatable bonds is 7. The number of amides is 2. The average Bonchev–Trinajstić information content (AvgIpc) is 2.73. The van der Waals surface area contributed by atoms with Gasteiger partial charge < -0.3 is 15.4 Å². The minimum absolute atomic E-state index is 0.0468. The van der Waals surface area contributed by atoms with Crippen LogP contribution < -0.4 is 15.4 Å². The van der Waals surface area contributed by atoms with Gasteiger partial charge in [0.15, 0.2) is 0 Å². The molecule has 29 heavy (non-hydrogen) atoms. The number of hydrogen-bond acceptors (Lipinski definition) is 5. The van der Waals surface area contributed by atoms with Gasteiger partial charge in [0.05, 0.1) is 0 Å². The Morgan fingerprint density at radius 3 is 2.45 bits per heavy atom. The maximum atomic E-state index is 12.1. The van der Waals surface area contributed by atoms with Crippen LogP contribution >= 0.6 is 0 Å². The molecule has 2 N–H and O–H groups in total. The lowest BCUT2D eigenvalue weighted by Crippen LogP contribution is -2.18. The maximum Gasteiger partial charge on any atom is 0.269 e. The van der Waals surface area contributed by atoms with Crippen LogP contribution in [0.25, 0.3) is 0 Å². The Balaban J connectivity index is 1.53. The summed E-state index contributed by atoms with van der Waals surface area (Å²) < 4.78 is 5.78. The van der Waals surface area contributed by atoms with Gasteiger partial charge in [0.25, 0.3) is 5.91 Å². The van der Waals surface area contributed by atoms with Crippen LogP contribution in [0.2, 0.25) is 0 Å². The Bertz CT molecular complexity index is 1000. The van der Waals surface area contributed by atoms with Gasteiger partial charge in [-0.15, -0.1) is 0 Å². The van der Waals surface area contributed by atoms with E-state index in [2.05, 4.69) is 20.6 Å². The molecule has 0 saturated heterocycles. The van der Waals surface area contributed by atoms with Crippen LogP contribution in [-0.4, -0.2) is 28.8 Å². The van der Waals surface area contributed by atoms with Crippen molar-refractivity contribution in [3.63, 3.8) is 0 Å². The lowest BCUT2D eigenvalue weighted by Gasteiger charge is -2.08. The summed E-state index contributed by atoms with van der Waals surface area (Å²) in [6.45, 7) is 1.88. The van der Waals surface area contributed by atoms with Crippen molar-refractivity contribution in [1.29, 1.82) is 0 Å². The molecular formula is C22H22N4O3. The molecule has 3 rings (SSSR count). The number of carbonyl (C=O) groups is 2. The molecule has 7 heteroatoms. The number of nitrogens with one attached hydrogen (secondary N) is 2. The van der Waals surface area contributed by atoms with Crippen LogP contribution in [0.5, 0.6) is 11.5 Å². The van der Waals surface area contributed by atoms with E-state index in [1.165, 1.54) is 6.20 Å². The maximum absolute atomic E-state index is 12.1. The zero-order valence-electron chi connectivity index (χ0n) is 16.3. The second kappa shape index (κ2) is 9.45. The molecule has 0 aliphatic carbocycles. The molecule has 2 amide bonds. The van der Waals surface area contributed by atoms with E-state index in [1.54, 1.807) is 31.4 Å². The highest BCUT2D eigenvalue weighted by molar-refractivity contribution is 5.92. The zero-order chi connectivity index (χ0) is 20.6. The molecule has 7 nitrogen and oxygen atoms in total. The fourth-order valence-electron chi connectivity index (χ4n) is 2.69. The van der Waals surface area contributed by atoms with E-state index < -0.39 is 0 Å². The van der Waals surface area contributed by atoms with E-state index in [9.17, 15) is 9.59 Å². The number of aromatic nitrogens is 2. The van der Waals surface area contributed by atoms with Gasteiger partial charge in [-0.05, 0) is 49.2 Å². The SMILES string of the molecule is CNC(=O)c1cc(Oc2ccc(CCC(=O)Nc3ccnc(C)c3)cc2)ccn1. The van der Waals surface area contributed by atoms with E-state index in [1.807, 2.05) is 37.3 Å². The first kappa shape index (κ1) is 20.0. The van der Waals surface area contributed by atoms with Gasteiger partial charge in [-0.1, -0.05) is 12.1 Å². The molecule has 3 aromatic rings. The molecule has 0 bridgehead atoms. The Morgan fingerprint density at radius 1 is 0.966 bits per heavy atom. The quantitative estimate of drug-likeness (QED) is 0.644. The van der Waals surface area contributed by atoms with Crippen LogP contribution in [0.4, 0.5) is 5.69 Å². The number of aryl methyl sites for hydroxylation is 2. The number of anilines is 1. The number of ether oxygens (including phenoxy) is 1. The molecule has 0 aliphatic rings. The molecule has 1 aromatic carbocycles. The summed E-state index contributed by atoms with van der Waals surface area (Å²) in [5.41, 5.74) is 2.92. The summed E-state index contributed by atoms with van der Waals surface area (Å²) in [7, 11) is 1.55. The van der Waals surface area contributed by atoms with Crippen LogP contribution in [0.1, 0.15) is 28.2 Å². The summed E-state index contributed by atoms with van der Waals surface area (Å²) in [5, 5.41) is 5.40. The second-order valence-corrected chi connectivity index (χ2v) is 6.44. The number of nitrogens with zero attached hydrogens (tertiary/aromatic N) is 2. The summed E-state index contributed by atoms with van der Waals surface area (Å²) in [4.78, 5) is 31.9.